The summed E-state index contributed by atoms with van der Waals surface area (Å²) in [4.78, 5) is 20.3. The number of hydrogen-bond donors (Lipinski definition) is 2. The van der Waals surface area contributed by atoms with Crippen molar-refractivity contribution in [3.05, 3.63) is 57.8 Å². The fourth-order valence-electron chi connectivity index (χ4n) is 2.10. The number of aromatic amines is 1. The van der Waals surface area contributed by atoms with E-state index in [4.69, 9.17) is 5.73 Å². The summed E-state index contributed by atoms with van der Waals surface area (Å²) in [5, 5.41) is 2.98. The third-order valence-electron chi connectivity index (χ3n) is 3.14. The average molecular weight is 269 g/mol. The number of nitrogens with one attached hydrogen (secondary N) is 1. The van der Waals surface area contributed by atoms with E-state index in [1.54, 1.807) is 6.92 Å². The topological polar surface area (TPSA) is 89.1 Å². The molecule has 3 N–H and O–H groups in total. The Morgan fingerprint density at radius 1 is 1.20 bits per heavy atom. The maximum Gasteiger partial charge on any atom is 0.274 e. The molecule has 0 saturated heterocycles. The summed E-state index contributed by atoms with van der Waals surface area (Å²) in [5.41, 5.74) is 8.11. The minimum Gasteiger partial charge on any atom is -0.399 e. The van der Waals surface area contributed by atoms with Crippen molar-refractivity contribution in [3.8, 4) is 0 Å². The molecule has 0 atom stereocenters. The molecule has 2 aromatic heterocycles. The van der Waals surface area contributed by atoms with E-state index in [0.717, 1.165) is 17.9 Å². The van der Waals surface area contributed by atoms with E-state index in [1.807, 2.05) is 24.3 Å². The summed E-state index contributed by atoms with van der Waals surface area (Å²) in [5.74, 6) is 1.17. The molecule has 0 spiro atoms. The number of anilines is 1. The Kier molecular flexibility index (Phi) is 2.98. The average Bonchev–Trinajstić information content (AvgIpc) is 2.81. The van der Waals surface area contributed by atoms with Crippen molar-refractivity contribution >= 4 is 11.5 Å². The van der Waals surface area contributed by atoms with Crippen molar-refractivity contribution in [2.24, 2.45) is 0 Å². The predicted molar refractivity (Wildman–Crippen MR) is 76.6 cm³/mol. The largest absolute Gasteiger partial charge is 0.399 e. The lowest BCUT2D eigenvalue weighted by molar-refractivity contribution is 0.818. The van der Waals surface area contributed by atoms with Gasteiger partial charge in [-0.3, -0.25) is 9.89 Å². The maximum atomic E-state index is 11.8. The van der Waals surface area contributed by atoms with Crippen molar-refractivity contribution in [2.75, 3.05) is 5.73 Å². The summed E-state index contributed by atoms with van der Waals surface area (Å²) in [7, 11) is 0. The van der Waals surface area contributed by atoms with Crippen LogP contribution in [0.25, 0.3) is 5.78 Å². The molecule has 0 aliphatic heterocycles. The molecular weight excluding hydrogens is 254 g/mol. The highest BCUT2D eigenvalue weighted by Crippen LogP contribution is 2.08. The number of nitrogens with two attached hydrogens (primary N) is 1. The number of H-pyrrole nitrogens is 1. The van der Waals surface area contributed by atoms with Gasteiger partial charge in [-0.05, 0) is 31.0 Å². The monoisotopic (exact) mass is 269 g/mol. The smallest absolute Gasteiger partial charge is 0.274 e. The van der Waals surface area contributed by atoms with Gasteiger partial charge in [0.05, 0.1) is 0 Å². The molecule has 3 rings (SSSR count). The van der Waals surface area contributed by atoms with Crippen molar-refractivity contribution < 1.29 is 0 Å². The highest BCUT2D eigenvalue weighted by Gasteiger charge is 2.06. The molecule has 0 aliphatic carbocycles. The Morgan fingerprint density at radius 3 is 2.70 bits per heavy atom. The van der Waals surface area contributed by atoms with E-state index < -0.39 is 0 Å². The van der Waals surface area contributed by atoms with Gasteiger partial charge in [0.2, 0.25) is 0 Å². The quantitative estimate of drug-likeness (QED) is 0.697. The molecular formula is C14H15N5O. The number of hydrogen-bond acceptors (Lipinski definition) is 4. The van der Waals surface area contributed by atoms with Gasteiger partial charge in [0.25, 0.3) is 11.3 Å². The van der Waals surface area contributed by atoms with Crippen LogP contribution < -0.4 is 11.3 Å². The van der Waals surface area contributed by atoms with Crippen LogP contribution in [0.1, 0.15) is 17.1 Å². The molecule has 0 radical (unpaired) electrons. The molecule has 6 nitrogen and oxygen atoms in total. The Bertz CT molecular complexity index is 801. The SMILES string of the molecule is Cc1cc(=O)n2[nH]c(CCc3ccc(N)cc3)nc2n1. The Labute approximate surface area is 115 Å². The summed E-state index contributed by atoms with van der Waals surface area (Å²) in [6, 6.07) is 9.22. The second kappa shape index (κ2) is 4.80. The van der Waals surface area contributed by atoms with Crippen LogP contribution in [0.4, 0.5) is 5.69 Å². The molecule has 0 amide bonds. The van der Waals surface area contributed by atoms with E-state index in [9.17, 15) is 4.79 Å². The molecule has 6 heteroatoms. The van der Waals surface area contributed by atoms with E-state index in [2.05, 4.69) is 15.1 Å². The molecule has 0 saturated carbocycles. The fourth-order valence-corrected chi connectivity index (χ4v) is 2.10. The second-order valence-corrected chi connectivity index (χ2v) is 4.78. The molecule has 2 heterocycles. The first kappa shape index (κ1) is 12.4. The number of aromatic nitrogens is 4. The Hall–Kier alpha value is -2.63. The van der Waals surface area contributed by atoms with Gasteiger partial charge in [0.1, 0.15) is 5.82 Å². The highest BCUT2D eigenvalue weighted by molar-refractivity contribution is 5.39. The van der Waals surface area contributed by atoms with Gasteiger partial charge in [-0.1, -0.05) is 12.1 Å². The Morgan fingerprint density at radius 2 is 1.95 bits per heavy atom. The summed E-state index contributed by atoms with van der Waals surface area (Å²) < 4.78 is 1.37. The Balaban J connectivity index is 1.83. The summed E-state index contributed by atoms with van der Waals surface area (Å²) >= 11 is 0. The third-order valence-corrected chi connectivity index (χ3v) is 3.14. The molecule has 102 valence electrons. The van der Waals surface area contributed by atoms with Crippen LogP contribution in [0.15, 0.2) is 35.1 Å². The van der Waals surface area contributed by atoms with Crippen LogP contribution in [0.2, 0.25) is 0 Å². The normalized spacial score (nSPS) is 11.1. The molecule has 0 aliphatic rings. The first-order valence-corrected chi connectivity index (χ1v) is 6.41. The minimum atomic E-state index is -0.140. The molecule has 3 aromatic rings. The maximum absolute atomic E-state index is 11.8. The van der Waals surface area contributed by atoms with Gasteiger partial charge in [-0.25, -0.2) is 4.98 Å². The number of nitrogens with zero attached hydrogens (tertiary/aromatic N) is 3. The van der Waals surface area contributed by atoms with Crippen molar-refractivity contribution in [1.82, 2.24) is 19.6 Å². The zero-order valence-corrected chi connectivity index (χ0v) is 11.1. The molecule has 0 unspecified atom stereocenters. The zero-order chi connectivity index (χ0) is 14.1. The fraction of sp³-hybridized carbons (Fsp3) is 0.214. The van der Waals surface area contributed by atoms with E-state index >= 15 is 0 Å². The standard InChI is InChI=1S/C14H15N5O/c1-9-8-13(20)19-14(16-9)17-12(18-19)7-4-10-2-5-11(15)6-3-10/h2-3,5-6,8H,4,7,15H2,1H3,(H,16,17,18). The van der Waals surface area contributed by atoms with Gasteiger partial charge >= 0.3 is 0 Å². The molecule has 0 fully saturated rings. The van der Waals surface area contributed by atoms with E-state index in [0.29, 0.717) is 17.9 Å². The number of rotatable bonds is 3. The van der Waals surface area contributed by atoms with Crippen LogP contribution in [0, 0.1) is 6.92 Å². The molecule has 20 heavy (non-hydrogen) atoms. The van der Waals surface area contributed by atoms with Crippen molar-refractivity contribution in [2.45, 2.75) is 19.8 Å². The second-order valence-electron chi connectivity index (χ2n) is 4.78. The summed E-state index contributed by atoms with van der Waals surface area (Å²) in [6.45, 7) is 1.78. The van der Waals surface area contributed by atoms with Crippen molar-refractivity contribution in [1.29, 1.82) is 0 Å². The summed E-state index contributed by atoms with van der Waals surface area (Å²) in [6.07, 6.45) is 1.54. The van der Waals surface area contributed by atoms with Crippen LogP contribution in [-0.2, 0) is 12.8 Å². The van der Waals surface area contributed by atoms with Gasteiger partial charge in [-0.15, -0.1) is 0 Å². The zero-order valence-electron chi connectivity index (χ0n) is 11.1. The van der Waals surface area contributed by atoms with Crippen molar-refractivity contribution in [3.63, 3.8) is 0 Å². The minimum absolute atomic E-state index is 0.140. The molecule has 1 aromatic carbocycles. The van der Waals surface area contributed by atoms with Gasteiger partial charge < -0.3 is 5.73 Å². The lowest BCUT2D eigenvalue weighted by atomic mass is 10.1. The lowest BCUT2D eigenvalue weighted by Gasteiger charge is -1.99. The first-order chi connectivity index (χ1) is 9.61. The van der Waals surface area contributed by atoms with E-state index in [-0.39, 0.29) is 5.56 Å². The van der Waals surface area contributed by atoms with Gasteiger partial charge in [0, 0.05) is 23.9 Å². The lowest BCUT2D eigenvalue weighted by Crippen LogP contribution is -2.14. The highest BCUT2D eigenvalue weighted by atomic mass is 16.1. The van der Waals surface area contributed by atoms with Crippen LogP contribution in [0.3, 0.4) is 0 Å². The van der Waals surface area contributed by atoms with E-state index in [1.165, 1.54) is 16.1 Å². The third kappa shape index (κ3) is 2.40. The van der Waals surface area contributed by atoms with Crippen LogP contribution in [-0.4, -0.2) is 19.6 Å². The molecule has 0 bridgehead atoms. The number of fused-ring (bicyclic) bond motifs is 1. The van der Waals surface area contributed by atoms with Gasteiger partial charge in [0.15, 0.2) is 0 Å². The number of nitrogen functional groups attached to an aromatic ring is 1. The number of aryl methyl sites for hydroxylation is 3. The van der Waals surface area contributed by atoms with Crippen LogP contribution in [0.5, 0.6) is 0 Å². The number of benzene rings is 1. The first-order valence-electron chi connectivity index (χ1n) is 6.41. The predicted octanol–water partition coefficient (Wildman–Crippen LogP) is 1.09. The van der Waals surface area contributed by atoms with Crippen LogP contribution >= 0.6 is 0 Å². The van der Waals surface area contributed by atoms with Gasteiger partial charge in [-0.2, -0.15) is 9.50 Å².